The Morgan fingerprint density at radius 1 is 0.296 bits per heavy atom. The molecule has 0 radical (unpaired) electrons. The maximum atomic E-state index is 12.9. The molecule has 0 saturated heterocycles. The largest absolute Gasteiger partial charge is 0.462 e. The molecule has 0 rings (SSSR count). The smallest absolute Gasteiger partial charge is 0.306 e. The van der Waals surface area contributed by atoms with Crippen LogP contribution in [0.25, 0.3) is 0 Å². The minimum absolute atomic E-state index is 0.115. The van der Waals surface area contributed by atoms with Crippen LogP contribution >= 0.6 is 0 Å². The van der Waals surface area contributed by atoms with E-state index in [0.29, 0.717) is 19.3 Å². The van der Waals surface area contributed by atoms with Crippen LogP contribution < -0.4 is 0 Å². The summed E-state index contributed by atoms with van der Waals surface area (Å²) >= 11 is 0. The Morgan fingerprint density at radius 2 is 0.577 bits per heavy atom. The molecule has 0 amide bonds. The Labute approximate surface area is 435 Å². The average Bonchev–Trinajstić information content (AvgIpc) is 3.37. The fourth-order valence-electron chi connectivity index (χ4n) is 7.00. The van der Waals surface area contributed by atoms with Crippen LogP contribution in [-0.2, 0) is 28.6 Å². The van der Waals surface area contributed by atoms with Crippen LogP contribution in [0.5, 0.6) is 0 Å². The van der Waals surface area contributed by atoms with E-state index in [1.807, 2.05) is 24.3 Å². The molecule has 1 unspecified atom stereocenters. The van der Waals surface area contributed by atoms with Gasteiger partial charge in [0.1, 0.15) is 13.2 Å². The van der Waals surface area contributed by atoms with Crippen molar-refractivity contribution in [3.63, 3.8) is 0 Å². The lowest BCUT2D eigenvalue weighted by atomic mass is 10.1. The lowest BCUT2D eigenvalue weighted by Crippen LogP contribution is -2.30. The Balaban J connectivity index is 4.55. The Hall–Kier alpha value is -4.97. The molecule has 0 aromatic rings. The van der Waals surface area contributed by atoms with E-state index >= 15 is 0 Å². The molecule has 0 bridgehead atoms. The number of hydrogen-bond acceptors (Lipinski definition) is 6. The molecule has 0 aromatic carbocycles. The van der Waals surface area contributed by atoms with E-state index in [9.17, 15) is 14.4 Å². The van der Waals surface area contributed by atoms with E-state index in [1.54, 1.807) is 0 Å². The number of carbonyl (C=O) groups excluding carboxylic acids is 3. The molecule has 0 aromatic heterocycles. The summed E-state index contributed by atoms with van der Waals surface area (Å²) in [6, 6.07) is 0. The number of esters is 3. The van der Waals surface area contributed by atoms with E-state index < -0.39 is 6.10 Å². The highest BCUT2D eigenvalue weighted by Crippen LogP contribution is 2.13. The van der Waals surface area contributed by atoms with E-state index in [0.717, 1.165) is 161 Å². The standard InChI is InChI=1S/C65H100O6/c1-4-7-10-13-16-19-22-25-28-30-32-34-37-40-43-46-49-52-55-58-64(67)70-61-62(60-69-63(66)57-54-51-48-45-42-39-36-27-24-21-18-15-12-9-6-3)71-65(68)59-56-53-50-47-44-41-38-35-33-31-29-26-23-20-17-14-11-8-5-2/h7-12,15-21,24-29,32-36,40,43,62H,4-6,13-14,22-23,30-31,37-39,41-42,44-61H2,1-3H3/b10-7-,11-8-,12-9-,18-15-,19-16-,20-17-,24-21-,28-25-,29-26-,34-32-,35-33-,36-27-,43-40-. The summed E-state index contributed by atoms with van der Waals surface area (Å²) in [5.41, 5.74) is 0. The maximum Gasteiger partial charge on any atom is 0.306 e. The van der Waals surface area contributed by atoms with Crippen molar-refractivity contribution in [2.75, 3.05) is 13.2 Å². The van der Waals surface area contributed by atoms with E-state index in [2.05, 4.69) is 154 Å². The number of unbranched alkanes of at least 4 members (excludes halogenated alkanes) is 14. The summed E-state index contributed by atoms with van der Waals surface area (Å²) in [4.78, 5) is 38.2. The van der Waals surface area contributed by atoms with E-state index in [4.69, 9.17) is 14.2 Å². The SMILES string of the molecule is CC\C=C/C=C\C=C/C=C\CCCCCCCC(=O)OCC(COC(=O)CCCCC/C=C\C/C=C\C/C=C\C/C=C\C/C=C\CC)OC(=O)CCCCCCCC/C=C\C/C=C\C/C=C\C/C=C\CC. The zero-order valence-electron chi connectivity index (χ0n) is 45.2. The van der Waals surface area contributed by atoms with Gasteiger partial charge in [-0.2, -0.15) is 0 Å². The molecular formula is C65H100O6. The van der Waals surface area contributed by atoms with Gasteiger partial charge < -0.3 is 14.2 Å². The molecule has 6 heteroatoms. The Morgan fingerprint density at radius 3 is 0.972 bits per heavy atom. The predicted octanol–water partition coefficient (Wildman–Crippen LogP) is 19.0. The molecule has 0 fully saturated rings. The van der Waals surface area contributed by atoms with Gasteiger partial charge >= 0.3 is 17.9 Å². The monoisotopic (exact) mass is 977 g/mol. The van der Waals surface area contributed by atoms with Crippen molar-refractivity contribution in [1.82, 2.24) is 0 Å². The van der Waals surface area contributed by atoms with E-state index in [1.165, 1.54) is 12.8 Å². The summed E-state index contributed by atoms with van der Waals surface area (Å²) < 4.78 is 16.8. The first-order valence-corrected chi connectivity index (χ1v) is 28.0. The van der Waals surface area contributed by atoms with Crippen molar-refractivity contribution in [1.29, 1.82) is 0 Å². The number of hydrogen-bond donors (Lipinski definition) is 0. The average molecular weight is 978 g/mol. The van der Waals surface area contributed by atoms with Crippen molar-refractivity contribution in [2.45, 2.75) is 219 Å². The quantitative estimate of drug-likeness (QED) is 0.0199. The van der Waals surface area contributed by atoms with Gasteiger partial charge in [0.2, 0.25) is 0 Å². The molecular weight excluding hydrogens is 877 g/mol. The number of ether oxygens (including phenoxy) is 3. The van der Waals surface area contributed by atoms with Crippen LogP contribution in [0, 0.1) is 0 Å². The van der Waals surface area contributed by atoms with Crippen LogP contribution in [0.15, 0.2) is 158 Å². The molecule has 6 nitrogen and oxygen atoms in total. The van der Waals surface area contributed by atoms with Crippen LogP contribution in [-0.4, -0.2) is 37.2 Å². The van der Waals surface area contributed by atoms with Gasteiger partial charge in [-0.05, 0) is 122 Å². The summed E-state index contributed by atoms with van der Waals surface area (Å²) in [5.74, 6) is -0.992. The number of carbonyl (C=O) groups is 3. The lowest BCUT2D eigenvalue weighted by Gasteiger charge is -2.18. The highest BCUT2D eigenvalue weighted by molar-refractivity contribution is 5.71. The third-order valence-electron chi connectivity index (χ3n) is 11.1. The maximum absolute atomic E-state index is 12.9. The van der Waals surface area contributed by atoms with Gasteiger partial charge in [-0.1, -0.05) is 230 Å². The van der Waals surface area contributed by atoms with Crippen molar-refractivity contribution in [2.24, 2.45) is 0 Å². The lowest BCUT2D eigenvalue weighted by molar-refractivity contribution is -0.167. The minimum Gasteiger partial charge on any atom is -0.462 e. The fourth-order valence-corrected chi connectivity index (χ4v) is 7.00. The zero-order chi connectivity index (χ0) is 51.4. The number of rotatable bonds is 48. The molecule has 0 aliphatic heterocycles. The van der Waals surface area contributed by atoms with Gasteiger partial charge in [0.25, 0.3) is 0 Å². The Kier molecular flexibility index (Phi) is 53.6. The van der Waals surface area contributed by atoms with Gasteiger partial charge in [-0.25, -0.2) is 0 Å². The van der Waals surface area contributed by atoms with Crippen LogP contribution in [0.4, 0.5) is 0 Å². The van der Waals surface area contributed by atoms with E-state index in [-0.39, 0.29) is 31.1 Å². The van der Waals surface area contributed by atoms with Gasteiger partial charge in [0, 0.05) is 19.3 Å². The minimum atomic E-state index is -0.819. The van der Waals surface area contributed by atoms with Crippen molar-refractivity contribution >= 4 is 17.9 Å². The van der Waals surface area contributed by atoms with Crippen molar-refractivity contribution in [3.8, 4) is 0 Å². The van der Waals surface area contributed by atoms with Crippen LogP contribution in [0.2, 0.25) is 0 Å². The summed E-state index contributed by atoms with van der Waals surface area (Å²) in [5, 5.41) is 0. The van der Waals surface area contributed by atoms with Gasteiger partial charge in [0.05, 0.1) is 0 Å². The normalized spacial score (nSPS) is 13.3. The molecule has 71 heavy (non-hydrogen) atoms. The molecule has 0 saturated carbocycles. The molecule has 0 aliphatic rings. The third-order valence-corrected chi connectivity index (χ3v) is 11.1. The van der Waals surface area contributed by atoms with Gasteiger partial charge in [0.15, 0.2) is 6.10 Å². The molecule has 0 heterocycles. The first-order chi connectivity index (χ1) is 35.0. The third kappa shape index (κ3) is 55.8. The number of allylic oxidation sites excluding steroid dienone is 26. The first kappa shape index (κ1) is 66.0. The molecule has 0 spiro atoms. The van der Waals surface area contributed by atoms with Crippen molar-refractivity contribution in [3.05, 3.63) is 158 Å². The second-order valence-corrected chi connectivity index (χ2v) is 17.8. The van der Waals surface area contributed by atoms with Crippen LogP contribution in [0.3, 0.4) is 0 Å². The molecule has 1 atom stereocenters. The van der Waals surface area contributed by atoms with Crippen LogP contribution in [0.1, 0.15) is 213 Å². The topological polar surface area (TPSA) is 78.9 Å². The molecule has 0 N–H and O–H groups in total. The van der Waals surface area contributed by atoms with Gasteiger partial charge in [-0.3, -0.25) is 14.4 Å². The Bertz CT molecular complexity index is 1640. The fraction of sp³-hybridized carbons (Fsp3) is 0.554. The zero-order valence-corrected chi connectivity index (χ0v) is 45.2. The van der Waals surface area contributed by atoms with Gasteiger partial charge in [-0.15, -0.1) is 0 Å². The van der Waals surface area contributed by atoms with Crippen molar-refractivity contribution < 1.29 is 28.6 Å². The predicted molar refractivity (Wildman–Crippen MR) is 306 cm³/mol. The highest BCUT2D eigenvalue weighted by atomic mass is 16.6. The summed E-state index contributed by atoms with van der Waals surface area (Å²) in [7, 11) is 0. The first-order valence-electron chi connectivity index (χ1n) is 28.0. The second kappa shape index (κ2) is 57.6. The summed E-state index contributed by atoms with van der Waals surface area (Å²) in [6.07, 6.45) is 83.7. The highest BCUT2D eigenvalue weighted by Gasteiger charge is 2.19. The molecule has 0 aliphatic carbocycles. The summed E-state index contributed by atoms with van der Waals surface area (Å²) in [6.45, 7) is 6.19. The molecule has 396 valence electrons. The second-order valence-electron chi connectivity index (χ2n) is 17.8.